The molecule has 30 heavy (non-hydrogen) atoms. The highest BCUT2D eigenvalue weighted by Crippen LogP contribution is 2.19. The van der Waals surface area contributed by atoms with Crippen molar-refractivity contribution in [2.24, 2.45) is 0 Å². The molecule has 0 radical (unpaired) electrons. The van der Waals surface area contributed by atoms with Crippen molar-refractivity contribution in [3.05, 3.63) is 0 Å². The van der Waals surface area contributed by atoms with Crippen molar-refractivity contribution in [3.63, 3.8) is 0 Å². The van der Waals surface area contributed by atoms with Gasteiger partial charge in [-0.2, -0.15) is 0 Å². The molecule has 0 amide bonds. The number of likely N-dealkylation sites (tertiary alicyclic amines) is 2. The topological polar surface area (TPSA) is 0 Å². The fourth-order valence-electron chi connectivity index (χ4n) is 5.16. The summed E-state index contributed by atoms with van der Waals surface area (Å²) in [7, 11) is 18.5. The van der Waals surface area contributed by atoms with Crippen LogP contribution in [0.1, 0.15) is 64.2 Å². The van der Waals surface area contributed by atoms with Gasteiger partial charge in [-0.25, -0.2) is 0 Å². The molecule has 0 aromatic heterocycles. The maximum absolute atomic E-state index is 2.48. The van der Waals surface area contributed by atoms with Gasteiger partial charge in [-0.15, -0.1) is 0 Å². The first-order valence-corrected chi connectivity index (χ1v) is 13.1. The van der Waals surface area contributed by atoms with E-state index in [0.29, 0.717) is 0 Å². The van der Waals surface area contributed by atoms with Gasteiger partial charge >= 0.3 is 0 Å². The molecule has 4 heteroatoms. The maximum atomic E-state index is 2.48. The lowest BCUT2D eigenvalue weighted by Crippen LogP contribution is -2.50. The van der Waals surface area contributed by atoms with Gasteiger partial charge in [0, 0.05) is 25.7 Å². The van der Waals surface area contributed by atoms with Crippen molar-refractivity contribution < 1.29 is 17.9 Å². The lowest BCUT2D eigenvalue weighted by molar-refractivity contribution is -0.920. The molecule has 0 bridgehead atoms. The first-order chi connectivity index (χ1) is 13.8. The lowest BCUT2D eigenvalue weighted by atomic mass is 10.1. The number of piperidine rings is 2. The Morgan fingerprint density at radius 2 is 0.767 bits per heavy atom. The van der Waals surface area contributed by atoms with Gasteiger partial charge in [0.05, 0.1) is 109 Å². The lowest BCUT2D eigenvalue weighted by Gasteiger charge is -2.39. The van der Waals surface area contributed by atoms with Crippen molar-refractivity contribution in [2.75, 3.05) is 109 Å². The van der Waals surface area contributed by atoms with Crippen LogP contribution in [0.25, 0.3) is 0 Å². The van der Waals surface area contributed by atoms with Crippen molar-refractivity contribution in [1.82, 2.24) is 0 Å². The Morgan fingerprint density at radius 1 is 0.467 bits per heavy atom. The number of hydrogen-bond acceptors (Lipinski definition) is 0. The predicted molar refractivity (Wildman–Crippen MR) is 134 cm³/mol. The van der Waals surface area contributed by atoms with Crippen LogP contribution in [0.5, 0.6) is 0 Å². The third kappa shape index (κ3) is 14.0. The van der Waals surface area contributed by atoms with Gasteiger partial charge in [0.1, 0.15) is 0 Å². The Bertz CT molecular complexity index is 393. The molecule has 0 saturated carbocycles. The summed E-state index contributed by atoms with van der Waals surface area (Å²) >= 11 is 0. The molecule has 180 valence electrons. The summed E-state index contributed by atoms with van der Waals surface area (Å²) in [6, 6.07) is 0. The zero-order chi connectivity index (χ0) is 22.7. The van der Waals surface area contributed by atoms with E-state index in [1.165, 1.54) is 126 Å². The Kier molecular flexibility index (Phi) is 11.9. The number of unbranched alkanes of at least 4 members (excludes halogenated alkanes) is 2. The fourth-order valence-corrected chi connectivity index (χ4v) is 5.16. The minimum absolute atomic E-state index is 1.09. The Labute approximate surface area is 191 Å². The number of hydrogen-bond donors (Lipinski definition) is 0. The molecule has 0 unspecified atom stereocenters. The Balaban J connectivity index is 0.000000329. The highest BCUT2D eigenvalue weighted by molar-refractivity contribution is 4.54. The third-order valence-electron chi connectivity index (χ3n) is 7.35. The van der Waals surface area contributed by atoms with Crippen LogP contribution in [-0.4, -0.2) is 127 Å². The molecule has 2 aliphatic heterocycles. The normalized spacial score (nSPS) is 21.6. The van der Waals surface area contributed by atoms with Crippen LogP contribution in [-0.2, 0) is 0 Å². The van der Waals surface area contributed by atoms with E-state index in [0.717, 1.165) is 8.97 Å². The van der Waals surface area contributed by atoms with Crippen molar-refractivity contribution in [3.8, 4) is 0 Å². The second-order valence-electron chi connectivity index (χ2n) is 13.1. The van der Waals surface area contributed by atoms with E-state index in [1.807, 2.05) is 0 Å². The second kappa shape index (κ2) is 12.8. The Morgan fingerprint density at radius 3 is 1.03 bits per heavy atom. The smallest absolute Gasteiger partial charge is 0.0786 e. The molecule has 2 saturated heterocycles. The molecule has 4 nitrogen and oxygen atoms in total. The van der Waals surface area contributed by atoms with Crippen LogP contribution in [0, 0.1) is 0 Å². The van der Waals surface area contributed by atoms with Crippen LogP contribution >= 0.6 is 0 Å². The first-order valence-electron chi connectivity index (χ1n) is 13.1. The number of nitrogens with zero attached hydrogens (tertiary/aromatic N) is 4. The van der Waals surface area contributed by atoms with E-state index in [-0.39, 0.29) is 0 Å². The molecule has 0 aliphatic carbocycles. The average molecular weight is 429 g/mol. The summed E-state index contributed by atoms with van der Waals surface area (Å²) < 4.78 is 4.92. The highest BCUT2D eigenvalue weighted by Gasteiger charge is 2.26. The van der Waals surface area contributed by atoms with Gasteiger partial charge in [-0.3, -0.25) is 0 Å². The quantitative estimate of drug-likeness (QED) is 0.361. The molecule has 0 aromatic rings. The van der Waals surface area contributed by atoms with E-state index in [9.17, 15) is 0 Å². The van der Waals surface area contributed by atoms with Crippen molar-refractivity contribution in [2.45, 2.75) is 64.2 Å². The summed E-state index contributed by atoms with van der Waals surface area (Å²) in [5.74, 6) is 0. The SMILES string of the molecule is C[N+](C)(C)CCCC[N+](C)(C)C.C[N+]1(CCCC[N+]2(C)CCCCC2)CCCCC1. The van der Waals surface area contributed by atoms with Gasteiger partial charge in [0.25, 0.3) is 0 Å². The van der Waals surface area contributed by atoms with Gasteiger partial charge in [0.2, 0.25) is 0 Å². The number of quaternary nitrogens is 4. The van der Waals surface area contributed by atoms with E-state index >= 15 is 0 Å². The monoisotopic (exact) mass is 428 g/mol. The standard InChI is InChI=1S/C16H34N2.C10H26N2/c1-17(11-5-3-6-12-17)15-9-10-16-18(2)13-7-4-8-14-18;1-11(2,3)9-7-8-10-12(4,5)6/h3-16H2,1-2H3;7-10H2,1-6H3/q2*+2. The first kappa shape index (κ1) is 27.9. The average Bonchev–Trinajstić information content (AvgIpc) is 2.63. The Hall–Kier alpha value is -0.160. The van der Waals surface area contributed by atoms with E-state index in [1.54, 1.807) is 0 Å². The summed E-state index contributed by atoms with van der Waals surface area (Å²) in [5.41, 5.74) is 0. The highest BCUT2D eigenvalue weighted by atomic mass is 15.3. The molecular formula is C26H60N4+4. The van der Waals surface area contributed by atoms with Crippen LogP contribution < -0.4 is 0 Å². The molecular weight excluding hydrogens is 368 g/mol. The molecule has 2 heterocycles. The second-order valence-corrected chi connectivity index (χ2v) is 13.1. The molecule has 0 aromatic carbocycles. The zero-order valence-electron chi connectivity index (χ0n) is 22.5. The van der Waals surface area contributed by atoms with E-state index in [2.05, 4.69) is 56.4 Å². The largest absolute Gasteiger partial charge is 0.331 e. The van der Waals surface area contributed by atoms with Crippen molar-refractivity contribution in [1.29, 1.82) is 0 Å². The van der Waals surface area contributed by atoms with Gasteiger partial charge in [-0.05, 0) is 38.5 Å². The van der Waals surface area contributed by atoms with E-state index in [4.69, 9.17) is 0 Å². The van der Waals surface area contributed by atoms with E-state index < -0.39 is 0 Å². The predicted octanol–water partition coefficient (Wildman–Crippen LogP) is 4.21. The zero-order valence-corrected chi connectivity index (χ0v) is 22.5. The van der Waals surface area contributed by atoms with Gasteiger partial charge in [0.15, 0.2) is 0 Å². The molecule has 0 atom stereocenters. The van der Waals surface area contributed by atoms with Crippen LogP contribution in [0.15, 0.2) is 0 Å². The molecule has 2 fully saturated rings. The summed E-state index contributed by atoms with van der Waals surface area (Å²) in [6.45, 7) is 11.2. The minimum Gasteiger partial charge on any atom is -0.331 e. The molecule has 0 N–H and O–H groups in total. The van der Waals surface area contributed by atoms with Gasteiger partial charge in [-0.1, -0.05) is 0 Å². The molecule has 0 spiro atoms. The van der Waals surface area contributed by atoms with Crippen molar-refractivity contribution >= 4 is 0 Å². The number of rotatable bonds is 10. The summed E-state index contributed by atoms with van der Waals surface area (Å²) in [5, 5.41) is 0. The van der Waals surface area contributed by atoms with Crippen LogP contribution in [0.2, 0.25) is 0 Å². The fraction of sp³-hybridized carbons (Fsp3) is 1.00. The molecule has 2 rings (SSSR count). The van der Waals surface area contributed by atoms with Crippen LogP contribution in [0.4, 0.5) is 0 Å². The van der Waals surface area contributed by atoms with Crippen LogP contribution in [0.3, 0.4) is 0 Å². The minimum atomic E-state index is 1.09. The summed E-state index contributed by atoms with van der Waals surface area (Å²) in [6.07, 6.45) is 14.4. The summed E-state index contributed by atoms with van der Waals surface area (Å²) in [4.78, 5) is 0. The van der Waals surface area contributed by atoms with Gasteiger partial charge < -0.3 is 17.9 Å². The maximum Gasteiger partial charge on any atom is 0.0786 e. The third-order valence-corrected chi connectivity index (χ3v) is 7.35. The molecule has 2 aliphatic rings.